The molecule has 0 aromatic rings. The maximum Gasteiger partial charge on any atom is 0.187 e. The third-order valence-corrected chi connectivity index (χ3v) is 4.79. The molecule has 0 aliphatic carbocycles. The van der Waals surface area contributed by atoms with Gasteiger partial charge in [0.2, 0.25) is 0 Å². The lowest BCUT2D eigenvalue weighted by Gasteiger charge is -2.50. The summed E-state index contributed by atoms with van der Waals surface area (Å²) in [6.07, 6.45) is -13.3. The zero-order chi connectivity index (χ0) is 19.2. The average Bonchev–Trinajstić information content (AvgIpc) is 2.59. The molecule has 6 N–H and O–H groups in total. The SMILES string of the molecule is CC1(C)OC[C@H]2O[C@@H](O[C@H]3[C@H](O)[C@@H](O)C(O)O[C@@H]3CO)[C@H](O)[C@@H](O)[C@H]2O1. The highest BCUT2D eigenvalue weighted by molar-refractivity contribution is 4.96. The Morgan fingerprint density at radius 1 is 0.962 bits per heavy atom. The summed E-state index contributed by atoms with van der Waals surface area (Å²) in [7, 11) is 0. The zero-order valence-corrected chi connectivity index (χ0v) is 14.4. The van der Waals surface area contributed by atoms with Crippen LogP contribution in [0.1, 0.15) is 13.8 Å². The lowest BCUT2D eigenvalue weighted by Crippen LogP contribution is -2.67. The van der Waals surface area contributed by atoms with E-state index < -0.39 is 73.8 Å². The van der Waals surface area contributed by atoms with Crippen LogP contribution in [-0.2, 0) is 23.7 Å². The van der Waals surface area contributed by atoms with Gasteiger partial charge < -0.3 is 54.3 Å². The summed E-state index contributed by atoms with van der Waals surface area (Å²) >= 11 is 0. The van der Waals surface area contributed by atoms with Crippen LogP contribution in [0.4, 0.5) is 0 Å². The van der Waals surface area contributed by atoms with E-state index in [4.69, 9.17) is 23.7 Å². The Balaban J connectivity index is 1.71. The van der Waals surface area contributed by atoms with Crippen molar-refractivity contribution in [3.8, 4) is 0 Å². The maximum absolute atomic E-state index is 10.4. The van der Waals surface area contributed by atoms with Crippen molar-refractivity contribution >= 4 is 0 Å². The van der Waals surface area contributed by atoms with Gasteiger partial charge in [0.1, 0.15) is 48.8 Å². The second-order valence-electron chi connectivity index (χ2n) is 7.15. The lowest BCUT2D eigenvalue weighted by atomic mass is 9.96. The first-order valence-electron chi connectivity index (χ1n) is 8.44. The highest BCUT2D eigenvalue weighted by Crippen LogP contribution is 2.34. The summed E-state index contributed by atoms with van der Waals surface area (Å²) in [5.74, 6) is -0.950. The van der Waals surface area contributed by atoms with Gasteiger partial charge in [-0.15, -0.1) is 0 Å². The van der Waals surface area contributed by atoms with Crippen molar-refractivity contribution in [3.63, 3.8) is 0 Å². The van der Waals surface area contributed by atoms with Gasteiger partial charge in [-0.2, -0.15) is 0 Å². The molecule has 3 aliphatic rings. The third kappa shape index (κ3) is 3.75. The zero-order valence-electron chi connectivity index (χ0n) is 14.4. The molecule has 0 radical (unpaired) electrons. The molecule has 26 heavy (non-hydrogen) atoms. The highest BCUT2D eigenvalue weighted by Gasteiger charge is 2.53. The summed E-state index contributed by atoms with van der Waals surface area (Å²) in [6, 6.07) is 0. The number of rotatable bonds is 3. The number of aliphatic hydroxyl groups is 6. The van der Waals surface area contributed by atoms with E-state index in [1.165, 1.54) is 0 Å². The van der Waals surface area contributed by atoms with E-state index in [0.717, 1.165) is 0 Å². The second kappa shape index (κ2) is 7.53. The predicted octanol–water partition coefficient (Wildman–Crippen LogP) is -3.60. The molecule has 152 valence electrons. The minimum atomic E-state index is -1.70. The van der Waals surface area contributed by atoms with E-state index >= 15 is 0 Å². The van der Waals surface area contributed by atoms with Gasteiger partial charge in [0.25, 0.3) is 0 Å². The molecule has 11 nitrogen and oxygen atoms in total. The molecule has 0 saturated carbocycles. The van der Waals surface area contributed by atoms with E-state index in [2.05, 4.69) is 0 Å². The number of hydrogen-bond donors (Lipinski definition) is 6. The van der Waals surface area contributed by atoms with Crippen LogP contribution < -0.4 is 0 Å². The quantitative estimate of drug-likeness (QED) is 0.285. The normalized spacial score (nSPS) is 51.7. The molecule has 1 unspecified atom stereocenters. The molecule has 0 amide bonds. The number of fused-ring (bicyclic) bond motifs is 1. The van der Waals surface area contributed by atoms with Crippen LogP contribution in [0, 0.1) is 0 Å². The minimum Gasteiger partial charge on any atom is -0.394 e. The molecule has 0 bridgehead atoms. The van der Waals surface area contributed by atoms with Crippen molar-refractivity contribution < 1.29 is 54.3 Å². The first-order chi connectivity index (χ1) is 12.1. The van der Waals surface area contributed by atoms with E-state index in [1.807, 2.05) is 0 Å². The molecule has 3 rings (SSSR count). The molecular formula is C15H26O11. The Morgan fingerprint density at radius 3 is 2.31 bits per heavy atom. The molecule has 10 atom stereocenters. The highest BCUT2D eigenvalue weighted by atomic mass is 16.8. The van der Waals surface area contributed by atoms with Crippen LogP contribution in [0.5, 0.6) is 0 Å². The van der Waals surface area contributed by atoms with E-state index in [9.17, 15) is 30.6 Å². The van der Waals surface area contributed by atoms with Crippen molar-refractivity contribution in [2.45, 2.75) is 81.0 Å². The Kier molecular flexibility index (Phi) is 5.88. The number of aliphatic hydroxyl groups excluding tert-OH is 6. The van der Waals surface area contributed by atoms with Crippen LogP contribution >= 0.6 is 0 Å². The summed E-state index contributed by atoms with van der Waals surface area (Å²) in [5.41, 5.74) is 0. The van der Waals surface area contributed by atoms with Gasteiger partial charge in [-0.1, -0.05) is 0 Å². The van der Waals surface area contributed by atoms with Crippen LogP contribution in [0.2, 0.25) is 0 Å². The molecule has 3 aliphatic heterocycles. The Hall–Kier alpha value is -0.440. The molecule has 0 aromatic carbocycles. The molecule has 0 spiro atoms. The summed E-state index contributed by atoms with van der Waals surface area (Å²) in [6.45, 7) is 2.79. The van der Waals surface area contributed by atoms with Crippen molar-refractivity contribution in [1.82, 2.24) is 0 Å². The Morgan fingerprint density at radius 2 is 1.65 bits per heavy atom. The minimum absolute atomic E-state index is 0.0792. The fraction of sp³-hybridized carbons (Fsp3) is 1.00. The van der Waals surface area contributed by atoms with Crippen LogP contribution in [-0.4, -0.2) is 111 Å². The molecular weight excluding hydrogens is 356 g/mol. The molecule has 11 heteroatoms. The van der Waals surface area contributed by atoms with Crippen molar-refractivity contribution in [1.29, 1.82) is 0 Å². The van der Waals surface area contributed by atoms with E-state index in [1.54, 1.807) is 13.8 Å². The van der Waals surface area contributed by atoms with Gasteiger partial charge in [-0.3, -0.25) is 0 Å². The molecule has 3 saturated heterocycles. The van der Waals surface area contributed by atoms with Gasteiger partial charge in [-0.05, 0) is 13.8 Å². The van der Waals surface area contributed by atoms with E-state index in [0.29, 0.717) is 0 Å². The maximum atomic E-state index is 10.4. The smallest absolute Gasteiger partial charge is 0.187 e. The topological polar surface area (TPSA) is 168 Å². The van der Waals surface area contributed by atoms with Gasteiger partial charge in [0.05, 0.1) is 13.2 Å². The van der Waals surface area contributed by atoms with Crippen LogP contribution in [0.3, 0.4) is 0 Å². The summed E-state index contributed by atoms with van der Waals surface area (Å²) in [4.78, 5) is 0. The first-order valence-corrected chi connectivity index (χ1v) is 8.44. The number of hydrogen-bond acceptors (Lipinski definition) is 11. The van der Waals surface area contributed by atoms with Crippen LogP contribution in [0.15, 0.2) is 0 Å². The van der Waals surface area contributed by atoms with Crippen molar-refractivity contribution in [2.75, 3.05) is 13.2 Å². The fourth-order valence-corrected chi connectivity index (χ4v) is 3.33. The van der Waals surface area contributed by atoms with E-state index in [-0.39, 0.29) is 6.61 Å². The molecule has 3 heterocycles. The summed E-state index contributed by atoms with van der Waals surface area (Å²) in [5, 5.41) is 59.4. The Labute approximate surface area is 149 Å². The fourth-order valence-electron chi connectivity index (χ4n) is 3.33. The third-order valence-electron chi connectivity index (χ3n) is 4.79. The molecule has 0 aromatic heterocycles. The van der Waals surface area contributed by atoms with Gasteiger partial charge in [0, 0.05) is 0 Å². The predicted molar refractivity (Wildman–Crippen MR) is 80.4 cm³/mol. The van der Waals surface area contributed by atoms with Crippen LogP contribution in [0.25, 0.3) is 0 Å². The van der Waals surface area contributed by atoms with Gasteiger partial charge in [0.15, 0.2) is 18.4 Å². The van der Waals surface area contributed by atoms with Gasteiger partial charge >= 0.3 is 0 Å². The largest absolute Gasteiger partial charge is 0.394 e. The van der Waals surface area contributed by atoms with Crippen molar-refractivity contribution in [2.24, 2.45) is 0 Å². The number of ether oxygens (including phenoxy) is 5. The second-order valence-corrected chi connectivity index (χ2v) is 7.15. The molecule has 3 fully saturated rings. The average molecular weight is 382 g/mol. The summed E-state index contributed by atoms with van der Waals surface area (Å²) < 4.78 is 27.2. The lowest BCUT2D eigenvalue weighted by molar-refractivity contribution is -0.397. The van der Waals surface area contributed by atoms with Crippen molar-refractivity contribution in [3.05, 3.63) is 0 Å². The standard InChI is InChI=1S/C15H26O11/c1-15(2)22-4-6-12(26-15)8(18)10(20)14(24-6)25-11-5(3-16)23-13(21)9(19)7(11)17/h5-14,16-21H,3-4H2,1-2H3/t5-,6-,7-,8-,9-,10-,11-,12+,13?,14+/m1/s1. The van der Waals surface area contributed by atoms with Gasteiger partial charge in [-0.25, -0.2) is 0 Å². The monoisotopic (exact) mass is 382 g/mol. The first kappa shape index (κ1) is 20.3. The Bertz CT molecular complexity index is 484.